The van der Waals surface area contributed by atoms with E-state index in [1.165, 1.54) is 0 Å². The maximum absolute atomic E-state index is 9.57. The van der Waals surface area contributed by atoms with Gasteiger partial charge in [-0.05, 0) is 0 Å². The van der Waals surface area contributed by atoms with Gasteiger partial charge in [0.05, 0.1) is 0 Å². The van der Waals surface area contributed by atoms with E-state index in [1.807, 2.05) is 0 Å². The molecule has 4 N–H and O–H groups in total. The first-order chi connectivity index (χ1) is 7.41. The first kappa shape index (κ1) is 25.2. The van der Waals surface area contributed by atoms with Gasteiger partial charge in [-0.25, -0.2) is 0 Å². The van der Waals surface area contributed by atoms with Gasteiger partial charge >= 0.3 is 122 Å². The second kappa shape index (κ2) is 8.62. The third-order valence-electron chi connectivity index (χ3n) is 0.377. The van der Waals surface area contributed by atoms with Crippen molar-refractivity contribution in [2.75, 3.05) is 0 Å². The summed E-state index contributed by atoms with van der Waals surface area (Å²) in [4.78, 5) is 30.8. The largest absolute Gasteiger partial charge is 2.00 e. The molecule has 1 radical (unpaired) electrons. The molecule has 19 heteroatoms. The van der Waals surface area contributed by atoms with Crippen molar-refractivity contribution >= 4 is 15.6 Å². The second-order valence-electron chi connectivity index (χ2n) is 1.95. The Morgan fingerprint density at radius 1 is 0.737 bits per heavy atom. The van der Waals surface area contributed by atoms with Crippen LogP contribution in [0.2, 0.25) is 0 Å². The summed E-state index contributed by atoms with van der Waals surface area (Å²) in [6.45, 7) is 0. The minimum Gasteiger partial charge on any atom is 2.00 e. The van der Waals surface area contributed by atoms with E-state index in [9.17, 15) is 30.2 Å². The monoisotopic (exact) mass is 549 g/mol. The van der Waals surface area contributed by atoms with Gasteiger partial charge in [-0.15, -0.1) is 0 Å². The van der Waals surface area contributed by atoms with Crippen molar-refractivity contribution in [1.82, 2.24) is 0 Å². The average molecular weight is 545 g/mol. The van der Waals surface area contributed by atoms with Gasteiger partial charge < -0.3 is 0 Å². The quantitative estimate of drug-likeness (QED) is 0.196. The molecule has 0 heterocycles. The Bertz CT molecular complexity index is 488. The zero-order chi connectivity index (χ0) is 15.4. The molecule has 0 aliphatic heterocycles. The van der Waals surface area contributed by atoms with Crippen LogP contribution < -0.4 is 7.52 Å². The molecule has 14 nitrogen and oxygen atoms in total. The molecule has 19 heavy (non-hydrogen) atoms. The Balaban J connectivity index is -0.000000256. The molecule has 0 aromatic rings. The van der Waals surface area contributed by atoms with Crippen molar-refractivity contribution < 1.29 is 107 Å². The van der Waals surface area contributed by atoms with Gasteiger partial charge in [0.25, 0.3) is 0 Å². The minimum atomic E-state index is -6.28. The summed E-state index contributed by atoms with van der Waals surface area (Å²) in [6, 6.07) is 0. The van der Waals surface area contributed by atoms with Gasteiger partial charge in [-0.2, -0.15) is 0 Å². The van der Waals surface area contributed by atoms with Crippen molar-refractivity contribution in [3.05, 3.63) is 0 Å². The van der Waals surface area contributed by atoms with Gasteiger partial charge in [0, 0.05) is 0 Å². The summed E-state index contributed by atoms with van der Waals surface area (Å²) < 4.78 is 81.7. The summed E-state index contributed by atoms with van der Waals surface area (Å²) in [6.07, 6.45) is 0. The van der Waals surface area contributed by atoms with E-state index >= 15 is 0 Å². The standard InChI is InChI=1S/Cu.2Mo.2H3O4P.6O/c;;;2*1-5(2,3)4;;;;;;/h;;;2*(H3,1,2,3,4);;;;;;/q+2;2*+1;;;;;;;2*-1/p-2. The smallest absolute Gasteiger partial charge is 2.00 e. The van der Waals surface area contributed by atoms with Crippen LogP contribution in [0.15, 0.2) is 0 Å². The predicted molar refractivity (Wildman–Crippen MR) is 29.0 cm³/mol. The molecule has 0 spiro atoms. The van der Waals surface area contributed by atoms with Crippen LogP contribution in [0.4, 0.5) is 0 Å². The average Bonchev–Trinajstić information content (AvgIpc) is 1.64. The van der Waals surface area contributed by atoms with Crippen LogP contribution >= 0.6 is 15.6 Å². The maximum atomic E-state index is 9.57. The first-order valence-corrected chi connectivity index (χ1v) is 12.5. The van der Waals surface area contributed by atoms with Crippen molar-refractivity contribution in [1.29, 1.82) is 0 Å². The van der Waals surface area contributed by atoms with Gasteiger partial charge in [-0.1, -0.05) is 0 Å². The second-order valence-corrected chi connectivity index (χ2v) is 10.4. The zero-order valence-corrected chi connectivity index (χ0v) is 14.6. The van der Waals surface area contributed by atoms with Crippen LogP contribution in [0.25, 0.3) is 0 Å². The molecule has 0 aromatic heterocycles. The van der Waals surface area contributed by atoms with E-state index in [0.29, 0.717) is 0 Å². The SMILES string of the molecule is O=P(O)(O)[O][Mo](=[O])(=[O])[O-].O=P(O)(O)[O][Mo](=[O])(=[O])[O-].[Cu+2]. The molecule has 0 aliphatic carbocycles. The molecule has 0 amide bonds. The Kier molecular flexibility index (Phi) is 11.4. The fourth-order valence-electron chi connectivity index (χ4n) is 0.238. The number of rotatable bonds is 4. The van der Waals surface area contributed by atoms with E-state index in [2.05, 4.69) is 6.35 Å². The third kappa shape index (κ3) is 32.6. The molecule has 0 saturated heterocycles. The van der Waals surface area contributed by atoms with E-state index in [1.54, 1.807) is 0 Å². The van der Waals surface area contributed by atoms with Crippen LogP contribution in [0.1, 0.15) is 0 Å². The van der Waals surface area contributed by atoms with Crippen molar-refractivity contribution in [2.45, 2.75) is 0 Å². The summed E-state index contributed by atoms with van der Waals surface area (Å²) in [5.74, 6) is 0. The predicted octanol–water partition coefficient (Wildman–Crippen LogP) is -3.74. The van der Waals surface area contributed by atoms with Crippen molar-refractivity contribution in [2.24, 2.45) is 0 Å². The fraction of sp³-hybridized carbons (Fsp3) is 0. The fourth-order valence-corrected chi connectivity index (χ4v) is 4.22. The molecular formula is H4CuMo2O14P2. The van der Waals surface area contributed by atoms with Crippen LogP contribution in [-0.4, -0.2) is 19.6 Å². The molecule has 0 fully saturated rings. The summed E-state index contributed by atoms with van der Waals surface area (Å²) in [7, 11) is -10.3. The number of hydrogen-bond acceptors (Lipinski definition) is 10. The molecule has 0 unspecified atom stereocenters. The molecule has 0 aliphatic rings. The van der Waals surface area contributed by atoms with Crippen LogP contribution in [0.5, 0.6) is 0 Å². The number of hydrogen-bond donors (Lipinski definition) is 4. The van der Waals surface area contributed by atoms with E-state index in [-0.39, 0.29) is 17.1 Å². The van der Waals surface area contributed by atoms with E-state index in [4.69, 9.17) is 19.6 Å². The summed E-state index contributed by atoms with van der Waals surface area (Å²) in [5, 5.41) is 0. The van der Waals surface area contributed by atoms with Gasteiger partial charge in [0.1, 0.15) is 0 Å². The third-order valence-corrected chi connectivity index (χ3v) is 6.69. The molecule has 0 bridgehead atoms. The summed E-state index contributed by atoms with van der Waals surface area (Å²) >= 11 is -12.6. The molecule has 0 rings (SSSR count). The van der Waals surface area contributed by atoms with Crippen LogP contribution in [0.3, 0.4) is 0 Å². The number of phosphoric acid groups is 2. The van der Waals surface area contributed by atoms with E-state index < -0.39 is 49.1 Å². The molecular weight excluding hydrogens is 541 g/mol. The maximum Gasteiger partial charge on any atom is 2.00 e. The molecule has 0 aromatic carbocycles. The van der Waals surface area contributed by atoms with Gasteiger partial charge in [-0.3, -0.25) is 0 Å². The Labute approximate surface area is 122 Å². The zero-order valence-electron chi connectivity index (χ0n) is 7.88. The Morgan fingerprint density at radius 3 is 0.895 bits per heavy atom. The normalized spacial score (nSPS) is 12.9. The van der Waals surface area contributed by atoms with E-state index in [0.717, 1.165) is 0 Å². The van der Waals surface area contributed by atoms with Crippen LogP contribution in [0, 0.1) is 0 Å². The topological polar surface area (TPSA) is 248 Å². The summed E-state index contributed by atoms with van der Waals surface area (Å²) in [5.41, 5.74) is 0. The van der Waals surface area contributed by atoms with Crippen molar-refractivity contribution in [3.8, 4) is 0 Å². The molecule has 121 valence electrons. The van der Waals surface area contributed by atoms with Crippen LogP contribution in [-0.2, 0) is 79.6 Å². The van der Waals surface area contributed by atoms with Gasteiger partial charge in [0.15, 0.2) is 0 Å². The molecule has 0 saturated carbocycles. The minimum absolute atomic E-state index is 0. The van der Waals surface area contributed by atoms with Gasteiger partial charge in [0.2, 0.25) is 0 Å². The Morgan fingerprint density at radius 2 is 0.895 bits per heavy atom. The Hall–Kier alpha value is 1.24. The first-order valence-electron chi connectivity index (χ1n) is 2.86. The van der Waals surface area contributed by atoms with Crippen molar-refractivity contribution in [3.63, 3.8) is 0 Å². The molecule has 0 atom stereocenters.